The number of nitrogens with one attached hydrogen (secondary N) is 2. The van der Waals surface area contributed by atoms with E-state index in [0.29, 0.717) is 0 Å². The van der Waals surface area contributed by atoms with E-state index in [0.717, 1.165) is 12.1 Å². The average Bonchev–Trinajstić information content (AvgIpc) is 2.64. The molecular formula is C18H18ClFN2O5S. The predicted octanol–water partition coefficient (Wildman–Crippen LogP) is 2.96. The van der Waals surface area contributed by atoms with Gasteiger partial charge in [-0.15, -0.1) is 0 Å². The topological polar surface area (TPSA) is 102 Å². The second-order valence-electron chi connectivity index (χ2n) is 5.69. The molecule has 1 amide bonds. The van der Waals surface area contributed by atoms with Crippen LogP contribution >= 0.6 is 11.6 Å². The maximum atomic E-state index is 13.0. The summed E-state index contributed by atoms with van der Waals surface area (Å²) in [5.41, 5.74) is 0.254. The van der Waals surface area contributed by atoms with Crippen LogP contribution in [0.1, 0.15) is 24.2 Å². The number of carbonyl (C=O) groups is 2. The highest BCUT2D eigenvalue weighted by molar-refractivity contribution is 7.89. The molecule has 2 aromatic carbocycles. The highest BCUT2D eigenvalue weighted by Gasteiger charge is 2.21. The summed E-state index contributed by atoms with van der Waals surface area (Å²) in [4.78, 5) is 24.3. The number of anilines is 1. The van der Waals surface area contributed by atoms with Gasteiger partial charge in [0.15, 0.2) is 6.10 Å². The summed E-state index contributed by atoms with van der Waals surface area (Å²) >= 11 is 5.84. The summed E-state index contributed by atoms with van der Waals surface area (Å²) in [5, 5.41) is 2.44. The highest BCUT2D eigenvalue weighted by atomic mass is 35.5. The molecule has 0 heterocycles. The normalized spacial score (nSPS) is 12.3. The van der Waals surface area contributed by atoms with Gasteiger partial charge >= 0.3 is 5.97 Å². The number of sulfonamides is 1. The van der Waals surface area contributed by atoms with Gasteiger partial charge in [-0.25, -0.2) is 22.3 Å². The van der Waals surface area contributed by atoms with Crippen LogP contribution in [-0.4, -0.2) is 32.9 Å². The van der Waals surface area contributed by atoms with Crippen LogP contribution in [0, 0.1) is 5.82 Å². The Hall–Kier alpha value is -2.49. The molecule has 0 radical (unpaired) electrons. The maximum Gasteiger partial charge on any atom is 0.338 e. The maximum absolute atomic E-state index is 13.0. The number of amides is 1. The van der Waals surface area contributed by atoms with E-state index in [-0.39, 0.29) is 27.7 Å². The van der Waals surface area contributed by atoms with Gasteiger partial charge in [-0.2, -0.15) is 0 Å². The minimum atomic E-state index is -3.64. The van der Waals surface area contributed by atoms with E-state index in [4.69, 9.17) is 16.3 Å². The van der Waals surface area contributed by atoms with Crippen molar-refractivity contribution in [2.45, 2.75) is 24.8 Å². The molecule has 1 unspecified atom stereocenters. The Labute approximate surface area is 166 Å². The molecule has 28 heavy (non-hydrogen) atoms. The minimum Gasteiger partial charge on any atom is -0.449 e. The van der Waals surface area contributed by atoms with Crippen LogP contribution in [0.25, 0.3) is 0 Å². The van der Waals surface area contributed by atoms with Gasteiger partial charge in [-0.05, 0) is 49.4 Å². The van der Waals surface area contributed by atoms with E-state index in [1.54, 1.807) is 6.92 Å². The van der Waals surface area contributed by atoms with Gasteiger partial charge in [0.05, 0.1) is 21.2 Å². The van der Waals surface area contributed by atoms with Crippen LogP contribution in [0.4, 0.5) is 10.1 Å². The molecule has 0 aliphatic rings. The van der Waals surface area contributed by atoms with Crippen LogP contribution < -0.4 is 10.0 Å². The van der Waals surface area contributed by atoms with Gasteiger partial charge < -0.3 is 10.1 Å². The van der Waals surface area contributed by atoms with Crippen LogP contribution in [0.2, 0.25) is 5.02 Å². The first-order valence-corrected chi connectivity index (χ1v) is 10.1. The third-order valence-electron chi connectivity index (χ3n) is 3.58. The van der Waals surface area contributed by atoms with E-state index in [1.807, 2.05) is 0 Å². The molecule has 1 atom stereocenters. The van der Waals surface area contributed by atoms with Crippen molar-refractivity contribution in [2.24, 2.45) is 0 Å². The van der Waals surface area contributed by atoms with Crippen LogP contribution in [-0.2, 0) is 19.6 Å². The van der Waals surface area contributed by atoms with Gasteiger partial charge in [0, 0.05) is 6.54 Å². The van der Waals surface area contributed by atoms with Crippen molar-refractivity contribution in [3.63, 3.8) is 0 Å². The Balaban J connectivity index is 2.02. The summed E-state index contributed by atoms with van der Waals surface area (Å²) in [6, 6.07) is 8.54. The Morgan fingerprint density at radius 2 is 1.82 bits per heavy atom. The first-order chi connectivity index (χ1) is 13.1. The predicted molar refractivity (Wildman–Crippen MR) is 102 cm³/mol. The van der Waals surface area contributed by atoms with E-state index in [2.05, 4.69) is 10.0 Å². The smallest absolute Gasteiger partial charge is 0.338 e. The zero-order chi connectivity index (χ0) is 20.9. The summed E-state index contributed by atoms with van der Waals surface area (Å²) in [6.07, 6.45) is -1.17. The summed E-state index contributed by atoms with van der Waals surface area (Å²) in [7, 11) is -3.64. The van der Waals surface area contributed by atoms with Crippen molar-refractivity contribution >= 4 is 39.2 Å². The lowest BCUT2D eigenvalue weighted by Gasteiger charge is -2.14. The van der Waals surface area contributed by atoms with Crippen molar-refractivity contribution in [3.8, 4) is 0 Å². The van der Waals surface area contributed by atoms with Crippen molar-refractivity contribution in [1.82, 2.24) is 4.72 Å². The number of benzene rings is 2. The van der Waals surface area contributed by atoms with E-state index >= 15 is 0 Å². The van der Waals surface area contributed by atoms with Gasteiger partial charge in [0.2, 0.25) is 10.0 Å². The lowest BCUT2D eigenvalue weighted by atomic mass is 10.2. The molecule has 0 saturated carbocycles. The lowest BCUT2D eigenvalue weighted by Crippen LogP contribution is -2.30. The zero-order valence-electron chi connectivity index (χ0n) is 15.0. The molecule has 150 valence electrons. The van der Waals surface area contributed by atoms with Gasteiger partial charge in [0.25, 0.3) is 5.91 Å². The second-order valence-corrected chi connectivity index (χ2v) is 7.86. The molecule has 2 N–H and O–H groups in total. The lowest BCUT2D eigenvalue weighted by molar-refractivity contribution is -0.123. The molecule has 0 saturated heterocycles. The standard InChI is InChI=1S/C18H18ClFN2O5S/c1-3-21-28(25,26)14-7-4-12(5-8-14)18(24)27-11(2)17(23)22-16-9-6-13(20)10-15(16)19/h4-11,21H,3H2,1-2H3,(H,22,23). The number of ether oxygens (including phenoxy) is 1. The third-order valence-corrected chi connectivity index (χ3v) is 5.45. The van der Waals surface area contributed by atoms with Gasteiger partial charge in [-0.3, -0.25) is 4.79 Å². The number of carbonyl (C=O) groups excluding carboxylic acids is 2. The van der Waals surface area contributed by atoms with Crippen molar-refractivity contribution in [3.05, 3.63) is 58.9 Å². The fraction of sp³-hybridized carbons (Fsp3) is 0.222. The molecule has 0 aromatic heterocycles. The molecule has 7 nitrogen and oxygen atoms in total. The molecule has 10 heteroatoms. The number of esters is 1. The van der Waals surface area contributed by atoms with Crippen molar-refractivity contribution in [1.29, 1.82) is 0 Å². The van der Waals surface area contributed by atoms with Gasteiger partial charge in [-0.1, -0.05) is 18.5 Å². The Morgan fingerprint density at radius 3 is 2.39 bits per heavy atom. The van der Waals surface area contributed by atoms with Gasteiger partial charge in [0.1, 0.15) is 5.82 Å². The quantitative estimate of drug-likeness (QED) is 0.660. The highest BCUT2D eigenvalue weighted by Crippen LogP contribution is 2.22. The molecule has 0 fully saturated rings. The summed E-state index contributed by atoms with van der Waals surface area (Å²) < 4.78 is 44.2. The molecular weight excluding hydrogens is 411 g/mol. The molecule has 0 bridgehead atoms. The molecule has 2 aromatic rings. The molecule has 0 aliphatic heterocycles. The number of hydrogen-bond acceptors (Lipinski definition) is 5. The van der Waals surface area contributed by atoms with Crippen LogP contribution in [0.5, 0.6) is 0 Å². The SMILES string of the molecule is CCNS(=O)(=O)c1ccc(C(=O)OC(C)C(=O)Nc2ccc(F)cc2Cl)cc1. The fourth-order valence-electron chi connectivity index (χ4n) is 2.15. The molecule has 0 aliphatic carbocycles. The molecule has 2 rings (SSSR count). The largest absolute Gasteiger partial charge is 0.449 e. The monoisotopic (exact) mass is 428 g/mol. The summed E-state index contributed by atoms with van der Waals surface area (Å²) in [6.45, 7) is 3.24. The Morgan fingerprint density at radius 1 is 1.18 bits per heavy atom. The number of halogens is 2. The first kappa shape index (κ1) is 21.8. The molecule has 0 spiro atoms. The minimum absolute atomic E-state index is 0.00245. The second kappa shape index (κ2) is 9.13. The number of rotatable bonds is 7. The van der Waals surface area contributed by atoms with Crippen LogP contribution in [0.3, 0.4) is 0 Å². The first-order valence-electron chi connectivity index (χ1n) is 8.20. The van der Waals surface area contributed by atoms with Crippen molar-refractivity contribution < 1.29 is 27.1 Å². The van der Waals surface area contributed by atoms with Crippen molar-refractivity contribution in [2.75, 3.05) is 11.9 Å². The van der Waals surface area contributed by atoms with E-state index in [9.17, 15) is 22.4 Å². The van der Waals surface area contributed by atoms with E-state index in [1.165, 1.54) is 37.3 Å². The Bertz CT molecular complexity index is 980. The zero-order valence-corrected chi connectivity index (χ0v) is 16.6. The van der Waals surface area contributed by atoms with E-state index < -0.39 is 33.8 Å². The summed E-state index contributed by atoms with van der Waals surface area (Å²) in [5.74, 6) is -2.02. The average molecular weight is 429 g/mol. The van der Waals surface area contributed by atoms with Crippen LogP contribution in [0.15, 0.2) is 47.4 Å². The third kappa shape index (κ3) is 5.51. The Kier molecular flexibility index (Phi) is 7.11. The number of hydrogen-bond donors (Lipinski definition) is 2. The fourth-order valence-corrected chi connectivity index (χ4v) is 3.41.